The standard InChI is InChI=1S/C15H17NO/c1-17-11-13-4-8-15(9-5-13)14-6-2-12(10-16)3-7-14/h2-3,6-7,11,15H,4-5,8-9H2,1H3. The summed E-state index contributed by atoms with van der Waals surface area (Å²) in [6.07, 6.45) is 6.49. The second kappa shape index (κ2) is 5.54. The average Bonchev–Trinajstić information content (AvgIpc) is 2.40. The lowest BCUT2D eigenvalue weighted by Crippen LogP contribution is -2.06. The lowest BCUT2D eigenvalue weighted by atomic mass is 9.82. The molecule has 0 spiro atoms. The van der Waals surface area contributed by atoms with E-state index in [0.29, 0.717) is 5.92 Å². The van der Waals surface area contributed by atoms with Crippen molar-refractivity contribution in [2.45, 2.75) is 31.6 Å². The molecule has 1 saturated carbocycles. The van der Waals surface area contributed by atoms with Crippen molar-refractivity contribution in [2.75, 3.05) is 7.11 Å². The fourth-order valence-corrected chi connectivity index (χ4v) is 2.44. The number of hydrogen-bond acceptors (Lipinski definition) is 2. The van der Waals surface area contributed by atoms with E-state index >= 15 is 0 Å². The summed E-state index contributed by atoms with van der Waals surface area (Å²) in [7, 11) is 1.71. The van der Waals surface area contributed by atoms with E-state index in [4.69, 9.17) is 10.00 Å². The van der Waals surface area contributed by atoms with Gasteiger partial charge < -0.3 is 4.74 Å². The van der Waals surface area contributed by atoms with Crippen molar-refractivity contribution in [1.29, 1.82) is 5.26 Å². The summed E-state index contributed by atoms with van der Waals surface area (Å²) in [5.41, 5.74) is 3.52. The normalized spacial score (nSPS) is 19.5. The van der Waals surface area contributed by atoms with Crippen LogP contribution in [0.4, 0.5) is 0 Å². The number of allylic oxidation sites excluding steroid dienone is 1. The van der Waals surface area contributed by atoms with E-state index in [0.717, 1.165) is 18.4 Å². The van der Waals surface area contributed by atoms with Crippen LogP contribution in [0.15, 0.2) is 36.1 Å². The Balaban J connectivity index is 2.01. The van der Waals surface area contributed by atoms with Crippen LogP contribution in [-0.2, 0) is 4.74 Å². The number of methoxy groups -OCH3 is 1. The molecule has 2 nitrogen and oxygen atoms in total. The van der Waals surface area contributed by atoms with Gasteiger partial charge in [-0.1, -0.05) is 12.1 Å². The van der Waals surface area contributed by atoms with Crippen LogP contribution in [0.25, 0.3) is 0 Å². The van der Waals surface area contributed by atoms with E-state index in [9.17, 15) is 0 Å². The van der Waals surface area contributed by atoms with Gasteiger partial charge in [0.05, 0.1) is 25.0 Å². The van der Waals surface area contributed by atoms with Crippen molar-refractivity contribution in [2.24, 2.45) is 0 Å². The molecule has 0 bridgehead atoms. The molecule has 0 unspecified atom stereocenters. The van der Waals surface area contributed by atoms with Gasteiger partial charge >= 0.3 is 0 Å². The zero-order valence-corrected chi connectivity index (χ0v) is 10.1. The third-order valence-electron chi connectivity index (χ3n) is 3.42. The summed E-state index contributed by atoms with van der Waals surface area (Å²) in [4.78, 5) is 0. The minimum Gasteiger partial charge on any atom is -0.504 e. The van der Waals surface area contributed by atoms with E-state index in [1.165, 1.54) is 24.0 Å². The molecule has 0 saturated heterocycles. The Morgan fingerprint density at radius 3 is 2.41 bits per heavy atom. The van der Waals surface area contributed by atoms with Crippen molar-refractivity contribution in [3.63, 3.8) is 0 Å². The molecule has 1 aliphatic carbocycles. The summed E-state index contributed by atoms with van der Waals surface area (Å²) in [6, 6.07) is 10.2. The van der Waals surface area contributed by atoms with Crippen molar-refractivity contribution >= 4 is 0 Å². The maximum atomic E-state index is 8.76. The Morgan fingerprint density at radius 1 is 1.24 bits per heavy atom. The number of nitrogens with zero attached hydrogens (tertiary/aromatic N) is 1. The lowest BCUT2D eigenvalue weighted by molar-refractivity contribution is 0.326. The van der Waals surface area contributed by atoms with Gasteiger partial charge in [0.1, 0.15) is 0 Å². The highest BCUT2D eigenvalue weighted by molar-refractivity contribution is 5.33. The van der Waals surface area contributed by atoms with E-state index in [2.05, 4.69) is 18.2 Å². The van der Waals surface area contributed by atoms with Gasteiger partial charge in [-0.05, 0) is 54.9 Å². The van der Waals surface area contributed by atoms with Gasteiger partial charge in [0, 0.05) is 0 Å². The maximum absolute atomic E-state index is 8.76. The fraction of sp³-hybridized carbons (Fsp3) is 0.400. The van der Waals surface area contributed by atoms with Gasteiger partial charge in [0.25, 0.3) is 0 Å². The van der Waals surface area contributed by atoms with Gasteiger partial charge in [0.15, 0.2) is 0 Å². The summed E-state index contributed by atoms with van der Waals surface area (Å²) >= 11 is 0. The molecular formula is C15H17NO. The highest BCUT2D eigenvalue weighted by Gasteiger charge is 2.18. The van der Waals surface area contributed by atoms with Crippen molar-refractivity contribution in [3.05, 3.63) is 47.2 Å². The Morgan fingerprint density at radius 2 is 1.88 bits per heavy atom. The van der Waals surface area contributed by atoms with Crippen LogP contribution < -0.4 is 0 Å². The van der Waals surface area contributed by atoms with Crippen LogP contribution in [0.1, 0.15) is 42.7 Å². The Bertz CT molecular complexity index is 429. The first-order valence-corrected chi connectivity index (χ1v) is 6.04. The zero-order chi connectivity index (χ0) is 12.1. The minimum absolute atomic E-state index is 0.636. The molecule has 2 rings (SSSR count). The summed E-state index contributed by atoms with van der Waals surface area (Å²) in [6.45, 7) is 0. The molecule has 0 atom stereocenters. The number of hydrogen-bond donors (Lipinski definition) is 0. The largest absolute Gasteiger partial charge is 0.504 e. The predicted octanol–water partition coefficient (Wildman–Crippen LogP) is 3.75. The molecule has 1 aliphatic rings. The molecule has 1 fully saturated rings. The molecule has 1 aromatic carbocycles. The minimum atomic E-state index is 0.636. The van der Waals surface area contributed by atoms with Crippen LogP contribution in [-0.4, -0.2) is 7.11 Å². The molecule has 0 aliphatic heterocycles. The maximum Gasteiger partial charge on any atom is 0.0991 e. The molecule has 0 heterocycles. The third-order valence-corrected chi connectivity index (χ3v) is 3.42. The first-order valence-electron chi connectivity index (χ1n) is 6.04. The first kappa shape index (κ1) is 11.7. The van der Waals surface area contributed by atoms with E-state index in [1.54, 1.807) is 7.11 Å². The highest BCUT2D eigenvalue weighted by atomic mass is 16.5. The van der Waals surface area contributed by atoms with Gasteiger partial charge in [-0.25, -0.2) is 0 Å². The van der Waals surface area contributed by atoms with Crippen molar-refractivity contribution in [3.8, 4) is 6.07 Å². The molecule has 0 amide bonds. The van der Waals surface area contributed by atoms with E-state index < -0.39 is 0 Å². The SMILES string of the molecule is COC=C1CCC(c2ccc(C#N)cc2)CC1. The summed E-state index contributed by atoms with van der Waals surface area (Å²) in [5.74, 6) is 0.636. The molecular weight excluding hydrogens is 210 g/mol. The van der Waals surface area contributed by atoms with Gasteiger partial charge in [-0.2, -0.15) is 5.26 Å². The topological polar surface area (TPSA) is 33.0 Å². The van der Waals surface area contributed by atoms with Crippen molar-refractivity contribution in [1.82, 2.24) is 0 Å². The van der Waals surface area contributed by atoms with Crippen LogP contribution in [0, 0.1) is 11.3 Å². The Hall–Kier alpha value is -1.75. The van der Waals surface area contributed by atoms with Crippen LogP contribution in [0.2, 0.25) is 0 Å². The lowest BCUT2D eigenvalue weighted by Gasteiger charge is -2.24. The van der Waals surface area contributed by atoms with Crippen molar-refractivity contribution < 1.29 is 4.74 Å². The van der Waals surface area contributed by atoms with Crippen LogP contribution >= 0.6 is 0 Å². The number of nitriles is 1. The number of ether oxygens (including phenoxy) is 1. The second-order valence-corrected chi connectivity index (χ2v) is 4.52. The molecule has 88 valence electrons. The molecule has 17 heavy (non-hydrogen) atoms. The summed E-state index contributed by atoms with van der Waals surface area (Å²) < 4.78 is 5.05. The van der Waals surface area contributed by atoms with Gasteiger partial charge in [0.2, 0.25) is 0 Å². The average molecular weight is 227 g/mol. The Labute approximate surface area is 103 Å². The van der Waals surface area contributed by atoms with Crippen LogP contribution in [0.5, 0.6) is 0 Å². The molecule has 0 N–H and O–H groups in total. The molecule has 1 aromatic rings. The molecule has 0 radical (unpaired) electrons. The monoisotopic (exact) mass is 227 g/mol. The number of rotatable bonds is 2. The van der Waals surface area contributed by atoms with Crippen LogP contribution in [0.3, 0.4) is 0 Å². The van der Waals surface area contributed by atoms with Gasteiger partial charge in [-0.15, -0.1) is 0 Å². The van der Waals surface area contributed by atoms with E-state index in [-0.39, 0.29) is 0 Å². The third kappa shape index (κ3) is 2.88. The predicted molar refractivity (Wildman–Crippen MR) is 67.5 cm³/mol. The zero-order valence-electron chi connectivity index (χ0n) is 10.1. The smallest absolute Gasteiger partial charge is 0.0991 e. The number of benzene rings is 1. The second-order valence-electron chi connectivity index (χ2n) is 4.52. The first-order chi connectivity index (χ1) is 8.33. The molecule has 0 aromatic heterocycles. The quantitative estimate of drug-likeness (QED) is 0.721. The fourth-order valence-electron chi connectivity index (χ4n) is 2.44. The van der Waals surface area contributed by atoms with Gasteiger partial charge in [-0.3, -0.25) is 0 Å². The highest BCUT2D eigenvalue weighted by Crippen LogP contribution is 2.35. The molecule has 2 heteroatoms. The van der Waals surface area contributed by atoms with E-state index in [1.807, 2.05) is 18.4 Å². The Kier molecular flexibility index (Phi) is 3.82. The summed E-state index contributed by atoms with van der Waals surface area (Å²) in [5, 5.41) is 8.76.